The van der Waals surface area contributed by atoms with Crippen LogP contribution in [0.15, 0.2) is 18.2 Å². The number of nitrogens with two attached hydrogens (primary N) is 1. The number of hydrogen-bond acceptors (Lipinski definition) is 3. The molecular weight excluding hydrogens is 236 g/mol. The fraction of sp³-hybridized carbons (Fsp3) is 0.625. The summed E-state index contributed by atoms with van der Waals surface area (Å²) in [5.41, 5.74) is 7.92. The van der Waals surface area contributed by atoms with E-state index < -0.39 is 0 Å². The Bertz CT molecular complexity index is 426. The first-order valence-corrected chi connectivity index (χ1v) is 7.54. The van der Waals surface area contributed by atoms with Gasteiger partial charge in [0.25, 0.3) is 0 Å². The Morgan fingerprint density at radius 2 is 1.95 bits per heavy atom. The Morgan fingerprint density at radius 1 is 1.26 bits per heavy atom. The molecule has 1 aromatic carbocycles. The summed E-state index contributed by atoms with van der Waals surface area (Å²) in [5.74, 6) is 3.59. The number of anilines is 2. The number of nitrogens with one attached hydrogen (secondary N) is 1. The summed E-state index contributed by atoms with van der Waals surface area (Å²) < 4.78 is 5.54. The molecule has 3 nitrogen and oxygen atoms in total. The molecule has 3 rings (SSSR count). The number of hydrogen-bond donors (Lipinski definition) is 2. The van der Waals surface area contributed by atoms with E-state index in [4.69, 9.17) is 10.5 Å². The van der Waals surface area contributed by atoms with E-state index in [-0.39, 0.29) is 0 Å². The molecule has 0 spiro atoms. The van der Waals surface area contributed by atoms with Gasteiger partial charge in [-0.25, -0.2) is 0 Å². The number of nitrogen functional groups attached to an aromatic ring is 1. The summed E-state index contributed by atoms with van der Waals surface area (Å²) in [5, 5.41) is 3.55. The summed E-state index contributed by atoms with van der Waals surface area (Å²) in [7, 11) is 0. The highest BCUT2D eigenvalue weighted by Gasteiger charge is 2.41. The lowest BCUT2D eigenvalue weighted by Crippen LogP contribution is -2.19. The van der Waals surface area contributed by atoms with Crippen LogP contribution in [0.25, 0.3) is 0 Å². The second kappa shape index (κ2) is 5.32. The van der Waals surface area contributed by atoms with Crippen LogP contribution in [0.1, 0.15) is 32.6 Å². The molecule has 1 aromatic rings. The molecule has 2 saturated carbocycles. The van der Waals surface area contributed by atoms with Crippen LogP contribution in [-0.4, -0.2) is 13.2 Å². The lowest BCUT2D eigenvalue weighted by molar-refractivity contribution is 0.342. The summed E-state index contributed by atoms with van der Waals surface area (Å²) in [6, 6.07) is 5.99. The first-order valence-electron chi connectivity index (χ1n) is 7.54. The van der Waals surface area contributed by atoms with Crippen molar-refractivity contribution >= 4 is 11.4 Å². The fourth-order valence-corrected chi connectivity index (χ4v) is 2.97. The highest BCUT2D eigenvalue weighted by molar-refractivity contribution is 5.72. The minimum absolute atomic E-state index is 0.653. The zero-order chi connectivity index (χ0) is 13.2. The molecule has 3 heteroatoms. The largest absolute Gasteiger partial charge is 0.492 e. The third-order valence-electron chi connectivity index (χ3n) is 4.35. The molecule has 0 heterocycles. The molecule has 2 aliphatic carbocycles. The van der Waals surface area contributed by atoms with Crippen molar-refractivity contribution in [2.45, 2.75) is 32.6 Å². The van der Waals surface area contributed by atoms with E-state index in [0.29, 0.717) is 6.61 Å². The van der Waals surface area contributed by atoms with E-state index in [1.54, 1.807) is 0 Å². The number of para-hydroxylation sites is 1. The molecule has 0 aliphatic heterocycles. The Morgan fingerprint density at radius 3 is 2.53 bits per heavy atom. The molecule has 2 fully saturated rings. The van der Waals surface area contributed by atoms with Gasteiger partial charge in [0.2, 0.25) is 0 Å². The van der Waals surface area contributed by atoms with E-state index in [9.17, 15) is 0 Å². The molecule has 2 aliphatic rings. The second-order valence-corrected chi connectivity index (χ2v) is 5.87. The van der Waals surface area contributed by atoms with Crippen molar-refractivity contribution in [1.82, 2.24) is 0 Å². The lowest BCUT2D eigenvalue weighted by atomic mass is 9.98. The van der Waals surface area contributed by atoms with Crippen LogP contribution in [0.3, 0.4) is 0 Å². The molecule has 19 heavy (non-hydrogen) atoms. The Balaban J connectivity index is 1.63. The molecule has 3 N–H and O–H groups in total. The molecular formula is C16H24N2O. The average molecular weight is 260 g/mol. The maximum absolute atomic E-state index is 6.15. The van der Waals surface area contributed by atoms with Crippen LogP contribution in [0.2, 0.25) is 0 Å². The first-order chi connectivity index (χ1) is 9.29. The van der Waals surface area contributed by atoms with Gasteiger partial charge in [-0.05, 0) is 62.5 Å². The van der Waals surface area contributed by atoms with Crippen molar-refractivity contribution in [1.29, 1.82) is 0 Å². The van der Waals surface area contributed by atoms with E-state index in [1.807, 2.05) is 19.1 Å². The molecule has 0 bridgehead atoms. The van der Waals surface area contributed by atoms with E-state index in [0.717, 1.165) is 41.4 Å². The van der Waals surface area contributed by atoms with Gasteiger partial charge < -0.3 is 15.8 Å². The number of benzene rings is 1. The van der Waals surface area contributed by atoms with Gasteiger partial charge in [0.05, 0.1) is 18.0 Å². The van der Waals surface area contributed by atoms with Crippen molar-refractivity contribution in [3.05, 3.63) is 18.2 Å². The minimum atomic E-state index is 0.653. The van der Waals surface area contributed by atoms with Crippen LogP contribution < -0.4 is 15.8 Å². The number of rotatable bonds is 7. The standard InChI is InChI=1S/C16H24N2O/c1-2-19-15-5-3-4-14(16(15)17)18-10-13(11-6-7-11)12-8-9-12/h3-5,11-13,18H,2,6-10,17H2,1H3. The maximum atomic E-state index is 6.15. The normalized spacial score (nSPS) is 18.6. The molecule has 0 amide bonds. The summed E-state index contributed by atoms with van der Waals surface area (Å²) in [6.45, 7) is 3.70. The Labute approximate surface area is 115 Å². The van der Waals surface area contributed by atoms with Crippen LogP contribution in [0.5, 0.6) is 5.75 Å². The topological polar surface area (TPSA) is 47.3 Å². The smallest absolute Gasteiger partial charge is 0.144 e. The molecule has 0 radical (unpaired) electrons. The molecule has 0 atom stereocenters. The molecule has 0 unspecified atom stereocenters. The van der Waals surface area contributed by atoms with Crippen molar-refractivity contribution in [3.8, 4) is 5.75 Å². The van der Waals surface area contributed by atoms with E-state index >= 15 is 0 Å². The van der Waals surface area contributed by atoms with Gasteiger partial charge in [-0.15, -0.1) is 0 Å². The second-order valence-electron chi connectivity index (χ2n) is 5.87. The average Bonchev–Trinajstić information content (AvgIpc) is 3.27. The third-order valence-corrected chi connectivity index (χ3v) is 4.35. The predicted molar refractivity (Wildman–Crippen MR) is 79.5 cm³/mol. The van der Waals surface area contributed by atoms with E-state index in [1.165, 1.54) is 25.7 Å². The minimum Gasteiger partial charge on any atom is -0.492 e. The zero-order valence-electron chi connectivity index (χ0n) is 11.7. The Hall–Kier alpha value is -1.38. The van der Waals surface area contributed by atoms with Crippen LogP contribution in [0.4, 0.5) is 11.4 Å². The van der Waals surface area contributed by atoms with Crippen LogP contribution in [-0.2, 0) is 0 Å². The fourth-order valence-electron chi connectivity index (χ4n) is 2.97. The van der Waals surface area contributed by atoms with Gasteiger partial charge in [0.1, 0.15) is 5.75 Å². The zero-order valence-corrected chi connectivity index (χ0v) is 11.7. The summed E-state index contributed by atoms with van der Waals surface area (Å²) >= 11 is 0. The number of ether oxygens (including phenoxy) is 1. The molecule has 0 aromatic heterocycles. The monoisotopic (exact) mass is 260 g/mol. The SMILES string of the molecule is CCOc1cccc(NCC(C2CC2)C2CC2)c1N. The summed E-state index contributed by atoms with van der Waals surface area (Å²) in [6.07, 6.45) is 5.71. The van der Waals surface area contributed by atoms with Crippen molar-refractivity contribution in [3.63, 3.8) is 0 Å². The lowest BCUT2D eigenvalue weighted by Gasteiger charge is -2.19. The quantitative estimate of drug-likeness (QED) is 0.737. The van der Waals surface area contributed by atoms with Crippen molar-refractivity contribution < 1.29 is 4.74 Å². The van der Waals surface area contributed by atoms with Gasteiger partial charge in [0, 0.05) is 6.54 Å². The third kappa shape index (κ3) is 2.96. The molecule has 0 saturated heterocycles. The maximum Gasteiger partial charge on any atom is 0.144 e. The van der Waals surface area contributed by atoms with Crippen molar-refractivity contribution in [2.24, 2.45) is 17.8 Å². The van der Waals surface area contributed by atoms with E-state index in [2.05, 4.69) is 11.4 Å². The van der Waals surface area contributed by atoms with Crippen LogP contribution in [0, 0.1) is 17.8 Å². The highest BCUT2D eigenvalue weighted by atomic mass is 16.5. The van der Waals surface area contributed by atoms with Gasteiger partial charge in [0.15, 0.2) is 0 Å². The van der Waals surface area contributed by atoms with Gasteiger partial charge in [-0.2, -0.15) is 0 Å². The van der Waals surface area contributed by atoms with Gasteiger partial charge in [-0.1, -0.05) is 6.07 Å². The first kappa shape index (κ1) is 12.6. The van der Waals surface area contributed by atoms with Gasteiger partial charge >= 0.3 is 0 Å². The molecule has 104 valence electrons. The predicted octanol–water partition coefficient (Wildman–Crippen LogP) is 3.52. The van der Waals surface area contributed by atoms with Gasteiger partial charge in [-0.3, -0.25) is 0 Å². The Kier molecular flexibility index (Phi) is 3.54. The highest BCUT2D eigenvalue weighted by Crippen LogP contribution is 2.49. The van der Waals surface area contributed by atoms with Crippen LogP contribution >= 0.6 is 0 Å². The van der Waals surface area contributed by atoms with Crippen molar-refractivity contribution in [2.75, 3.05) is 24.2 Å². The summed E-state index contributed by atoms with van der Waals surface area (Å²) in [4.78, 5) is 0.